The molecule has 12 heavy (non-hydrogen) atoms. The fourth-order valence-electron chi connectivity index (χ4n) is 1.56. The summed E-state index contributed by atoms with van der Waals surface area (Å²) < 4.78 is 5.42. The van der Waals surface area contributed by atoms with E-state index in [1.165, 1.54) is 11.1 Å². The van der Waals surface area contributed by atoms with Gasteiger partial charge in [-0.1, -0.05) is 12.1 Å². The van der Waals surface area contributed by atoms with Gasteiger partial charge in [0.1, 0.15) is 5.75 Å². The monoisotopic (exact) mass is 161 g/mol. The summed E-state index contributed by atoms with van der Waals surface area (Å²) in [5.41, 5.74) is 2.56. The molecule has 0 bridgehead atoms. The first-order valence-electron chi connectivity index (χ1n) is 4.08. The van der Waals surface area contributed by atoms with Gasteiger partial charge in [0.25, 0.3) is 0 Å². The van der Waals surface area contributed by atoms with Crippen molar-refractivity contribution in [1.29, 1.82) is 0 Å². The molecule has 0 atom stereocenters. The number of benzene rings is 1. The Balaban J connectivity index is 2.42. The topological polar surface area (TPSA) is 21.6 Å². The number of aliphatic imine (C=N–C) groups is 1. The molecule has 1 aromatic rings. The van der Waals surface area contributed by atoms with Gasteiger partial charge < -0.3 is 4.74 Å². The molecule has 2 rings (SSSR count). The Bertz CT molecular complexity index is 307. The Morgan fingerprint density at radius 1 is 1.50 bits per heavy atom. The zero-order valence-electron chi connectivity index (χ0n) is 6.92. The van der Waals surface area contributed by atoms with E-state index >= 15 is 0 Å². The van der Waals surface area contributed by atoms with E-state index in [1.54, 1.807) is 0 Å². The summed E-state index contributed by atoms with van der Waals surface area (Å²) in [6.45, 7) is 5.00. The van der Waals surface area contributed by atoms with Crippen LogP contribution in [-0.2, 0) is 13.0 Å². The van der Waals surface area contributed by atoms with E-state index in [9.17, 15) is 0 Å². The van der Waals surface area contributed by atoms with E-state index in [-0.39, 0.29) is 0 Å². The van der Waals surface area contributed by atoms with Crippen LogP contribution in [0.1, 0.15) is 11.1 Å². The van der Waals surface area contributed by atoms with Crippen molar-refractivity contribution in [3.8, 4) is 5.75 Å². The SMILES string of the molecule is C=NCc1cccc2c1CCO2. The van der Waals surface area contributed by atoms with Crippen LogP contribution >= 0.6 is 0 Å². The van der Waals surface area contributed by atoms with Crippen LogP contribution < -0.4 is 4.74 Å². The highest BCUT2D eigenvalue weighted by atomic mass is 16.5. The highest BCUT2D eigenvalue weighted by Gasteiger charge is 2.14. The number of hydrogen-bond acceptors (Lipinski definition) is 2. The molecule has 1 aromatic carbocycles. The molecule has 1 aliphatic rings. The summed E-state index contributed by atoms with van der Waals surface area (Å²) in [5.74, 6) is 1.02. The van der Waals surface area contributed by atoms with Gasteiger partial charge in [-0.2, -0.15) is 0 Å². The molecule has 0 aromatic heterocycles. The van der Waals surface area contributed by atoms with Gasteiger partial charge in [0.05, 0.1) is 13.2 Å². The molecule has 0 fully saturated rings. The Labute approximate surface area is 71.9 Å². The normalized spacial score (nSPS) is 13.7. The van der Waals surface area contributed by atoms with Crippen molar-refractivity contribution in [2.75, 3.05) is 6.61 Å². The largest absolute Gasteiger partial charge is 0.493 e. The molecule has 0 N–H and O–H groups in total. The number of nitrogens with zero attached hydrogens (tertiary/aromatic N) is 1. The summed E-state index contributed by atoms with van der Waals surface area (Å²) >= 11 is 0. The van der Waals surface area contributed by atoms with E-state index < -0.39 is 0 Å². The fourth-order valence-corrected chi connectivity index (χ4v) is 1.56. The minimum Gasteiger partial charge on any atom is -0.493 e. The van der Waals surface area contributed by atoms with Gasteiger partial charge in [-0.25, -0.2) is 0 Å². The summed E-state index contributed by atoms with van der Waals surface area (Å²) in [6, 6.07) is 6.10. The van der Waals surface area contributed by atoms with Crippen LogP contribution in [-0.4, -0.2) is 13.3 Å². The van der Waals surface area contributed by atoms with Crippen molar-refractivity contribution in [3.05, 3.63) is 29.3 Å². The van der Waals surface area contributed by atoms with Crippen LogP contribution in [0.4, 0.5) is 0 Å². The average Bonchev–Trinajstić information content (AvgIpc) is 2.53. The summed E-state index contributed by atoms with van der Waals surface area (Å²) in [4.78, 5) is 3.88. The van der Waals surface area contributed by atoms with Crippen LogP contribution in [0.25, 0.3) is 0 Å². The van der Waals surface area contributed by atoms with Crippen LogP contribution in [0, 0.1) is 0 Å². The van der Waals surface area contributed by atoms with E-state index in [2.05, 4.69) is 17.8 Å². The maximum Gasteiger partial charge on any atom is 0.122 e. The van der Waals surface area contributed by atoms with Gasteiger partial charge in [0.15, 0.2) is 0 Å². The third kappa shape index (κ3) is 1.09. The molecule has 0 spiro atoms. The van der Waals surface area contributed by atoms with E-state index in [0.29, 0.717) is 6.54 Å². The smallest absolute Gasteiger partial charge is 0.122 e. The second-order valence-corrected chi connectivity index (χ2v) is 2.87. The van der Waals surface area contributed by atoms with Gasteiger partial charge in [-0.3, -0.25) is 4.99 Å². The summed E-state index contributed by atoms with van der Waals surface area (Å²) in [6.07, 6.45) is 1.01. The van der Waals surface area contributed by atoms with E-state index in [1.807, 2.05) is 12.1 Å². The molecule has 2 nitrogen and oxygen atoms in total. The molecular weight excluding hydrogens is 150 g/mol. The summed E-state index contributed by atoms with van der Waals surface area (Å²) in [5, 5.41) is 0. The number of ether oxygens (including phenoxy) is 1. The van der Waals surface area contributed by atoms with Gasteiger partial charge in [-0.05, 0) is 18.3 Å². The van der Waals surface area contributed by atoms with Gasteiger partial charge >= 0.3 is 0 Å². The molecule has 1 aliphatic heterocycles. The molecule has 0 saturated carbocycles. The summed E-state index contributed by atoms with van der Waals surface area (Å²) in [7, 11) is 0. The molecule has 1 heterocycles. The zero-order chi connectivity index (χ0) is 8.39. The van der Waals surface area contributed by atoms with E-state index in [0.717, 1.165) is 18.8 Å². The van der Waals surface area contributed by atoms with Gasteiger partial charge in [0, 0.05) is 12.0 Å². The van der Waals surface area contributed by atoms with Crippen LogP contribution in [0.2, 0.25) is 0 Å². The predicted molar refractivity (Wildman–Crippen MR) is 48.9 cm³/mol. The second kappa shape index (κ2) is 2.97. The minimum absolute atomic E-state index is 0.701. The second-order valence-electron chi connectivity index (χ2n) is 2.87. The van der Waals surface area contributed by atoms with Gasteiger partial charge in [0.2, 0.25) is 0 Å². The van der Waals surface area contributed by atoms with Crippen molar-refractivity contribution in [2.24, 2.45) is 4.99 Å². The molecule has 2 heteroatoms. The van der Waals surface area contributed by atoms with Crippen LogP contribution in [0.5, 0.6) is 5.75 Å². The number of rotatable bonds is 2. The lowest BCUT2D eigenvalue weighted by atomic mass is 10.1. The predicted octanol–water partition coefficient (Wildman–Crippen LogP) is 1.82. The minimum atomic E-state index is 0.701. The molecule has 0 unspecified atom stereocenters. The molecule has 0 saturated heterocycles. The first kappa shape index (κ1) is 7.35. The van der Waals surface area contributed by atoms with Crippen molar-refractivity contribution in [2.45, 2.75) is 13.0 Å². The zero-order valence-corrected chi connectivity index (χ0v) is 6.92. The Kier molecular flexibility index (Phi) is 1.82. The number of fused-ring (bicyclic) bond motifs is 1. The standard InChI is InChI=1S/C10H11NO/c1-11-7-8-3-2-4-10-9(8)5-6-12-10/h2-4H,1,5-7H2. The fraction of sp³-hybridized carbons (Fsp3) is 0.300. The Morgan fingerprint density at radius 2 is 2.42 bits per heavy atom. The van der Waals surface area contributed by atoms with Crippen LogP contribution in [0.3, 0.4) is 0 Å². The van der Waals surface area contributed by atoms with Crippen molar-refractivity contribution in [1.82, 2.24) is 0 Å². The molecule has 0 amide bonds. The third-order valence-electron chi connectivity index (χ3n) is 2.12. The Morgan fingerprint density at radius 3 is 3.25 bits per heavy atom. The Hall–Kier alpha value is -1.31. The molecule has 62 valence electrons. The lowest BCUT2D eigenvalue weighted by Crippen LogP contribution is -1.88. The maximum absolute atomic E-state index is 5.42. The quantitative estimate of drug-likeness (QED) is 0.606. The highest BCUT2D eigenvalue weighted by Crippen LogP contribution is 2.28. The van der Waals surface area contributed by atoms with Crippen LogP contribution in [0.15, 0.2) is 23.2 Å². The third-order valence-corrected chi connectivity index (χ3v) is 2.12. The van der Waals surface area contributed by atoms with Crippen molar-refractivity contribution in [3.63, 3.8) is 0 Å². The van der Waals surface area contributed by atoms with Crippen molar-refractivity contribution < 1.29 is 4.74 Å². The highest BCUT2D eigenvalue weighted by molar-refractivity contribution is 5.43. The molecule has 0 aliphatic carbocycles. The first-order valence-corrected chi connectivity index (χ1v) is 4.08. The molecule has 0 radical (unpaired) electrons. The number of hydrogen-bond donors (Lipinski definition) is 0. The van der Waals surface area contributed by atoms with E-state index in [4.69, 9.17) is 4.74 Å². The lowest BCUT2D eigenvalue weighted by Gasteiger charge is -2.02. The van der Waals surface area contributed by atoms with Gasteiger partial charge in [-0.15, -0.1) is 0 Å². The van der Waals surface area contributed by atoms with Crippen molar-refractivity contribution >= 4 is 6.72 Å². The lowest BCUT2D eigenvalue weighted by molar-refractivity contribution is 0.357. The average molecular weight is 161 g/mol. The molecular formula is C10H11NO. The maximum atomic E-state index is 5.42. The first-order chi connectivity index (χ1) is 5.92.